The Morgan fingerprint density at radius 3 is 2.53 bits per heavy atom. The molecule has 5 heteroatoms. The van der Waals surface area contributed by atoms with Crippen molar-refractivity contribution in [2.45, 2.75) is 6.42 Å². The second-order valence-electron chi connectivity index (χ2n) is 7.58. The highest BCUT2D eigenvalue weighted by atomic mass is 16.1. The summed E-state index contributed by atoms with van der Waals surface area (Å²) < 4.78 is 1.63. The Morgan fingerprint density at radius 1 is 0.900 bits per heavy atom. The number of nitrogens with zero attached hydrogens (tertiary/aromatic N) is 4. The van der Waals surface area contributed by atoms with Gasteiger partial charge in [-0.1, -0.05) is 42.5 Å². The van der Waals surface area contributed by atoms with Gasteiger partial charge in [-0.05, 0) is 46.5 Å². The first-order chi connectivity index (χ1) is 14.7. The maximum Gasteiger partial charge on any atom is 0.255 e. The second kappa shape index (κ2) is 7.59. The molecule has 3 heterocycles. The van der Waals surface area contributed by atoms with E-state index in [1.54, 1.807) is 30.1 Å². The average molecular weight is 394 g/mol. The van der Waals surface area contributed by atoms with Crippen LogP contribution in [0.25, 0.3) is 27.6 Å². The molecule has 4 aromatic rings. The minimum Gasteiger partial charge on any atom is -0.338 e. The van der Waals surface area contributed by atoms with Gasteiger partial charge in [0.15, 0.2) is 0 Å². The number of hydrogen-bond donors (Lipinski definition) is 0. The van der Waals surface area contributed by atoms with E-state index in [0.717, 1.165) is 25.1 Å². The Morgan fingerprint density at radius 2 is 1.70 bits per heavy atom. The topological polar surface area (TPSA) is 51.0 Å². The van der Waals surface area contributed by atoms with Crippen molar-refractivity contribution in [3.8, 4) is 11.3 Å². The summed E-state index contributed by atoms with van der Waals surface area (Å²) in [4.78, 5) is 23.7. The largest absolute Gasteiger partial charge is 0.338 e. The van der Waals surface area contributed by atoms with Crippen LogP contribution >= 0.6 is 0 Å². The molecule has 0 spiro atoms. The smallest absolute Gasteiger partial charge is 0.255 e. The molecule has 0 amide bonds. The van der Waals surface area contributed by atoms with Crippen LogP contribution in [0.15, 0.2) is 83.9 Å². The fraction of sp³-hybridized carbons (Fsp3) is 0.160. The third-order valence-electron chi connectivity index (χ3n) is 5.64. The van der Waals surface area contributed by atoms with Gasteiger partial charge in [0.25, 0.3) is 5.56 Å². The normalized spacial score (nSPS) is 14.0. The van der Waals surface area contributed by atoms with Gasteiger partial charge >= 0.3 is 0 Å². The quantitative estimate of drug-likeness (QED) is 0.520. The molecule has 0 N–H and O–H groups in total. The van der Waals surface area contributed by atoms with E-state index < -0.39 is 0 Å². The van der Waals surface area contributed by atoms with E-state index in [1.165, 1.54) is 21.9 Å². The lowest BCUT2D eigenvalue weighted by Gasteiger charge is -2.30. The molecule has 148 valence electrons. The second-order valence-corrected chi connectivity index (χ2v) is 7.58. The molecule has 5 rings (SSSR count). The van der Waals surface area contributed by atoms with Crippen LogP contribution < -0.4 is 10.5 Å². The lowest BCUT2D eigenvalue weighted by molar-refractivity contribution is 0.727. The van der Waals surface area contributed by atoms with Gasteiger partial charge in [-0.3, -0.25) is 14.3 Å². The van der Waals surface area contributed by atoms with Crippen LogP contribution in [0.3, 0.4) is 0 Å². The van der Waals surface area contributed by atoms with Crippen molar-refractivity contribution in [1.82, 2.24) is 14.5 Å². The number of hydrogen-bond acceptors (Lipinski definition) is 4. The average Bonchev–Trinajstić information content (AvgIpc) is 2.81. The SMILES string of the molecule is Cn1c(N2CCC=C(c3ccc4ccccc4c3)C2)nc(-c2ccncc2)cc1=O. The van der Waals surface area contributed by atoms with E-state index in [4.69, 9.17) is 4.98 Å². The predicted octanol–water partition coefficient (Wildman–Crippen LogP) is 4.29. The molecule has 0 saturated carbocycles. The molecule has 0 fully saturated rings. The number of fused-ring (bicyclic) bond motifs is 1. The van der Waals surface area contributed by atoms with E-state index in [2.05, 4.69) is 58.4 Å². The molecule has 2 aromatic carbocycles. The predicted molar refractivity (Wildman–Crippen MR) is 121 cm³/mol. The van der Waals surface area contributed by atoms with Crippen molar-refractivity contribution in [2.75, 3.05) is 18.0 Å². The first-order valence-corrected chi connectivity index (χ1v) is 10.1. The Hall–Kier alpha value is -3.73. The lowest BCUT2D eigenvalue weighted by Crippen LogP contribution is -2.35. The third kappa shape index (κ3) is 3.39. The number of benzene rings is 2. The standard InChI is InChI=1S/C25H22N4O/c1-28-24(30)16-23(19-10-12-26-13-11-19)27-25(28)29-14-4-7-22(17-29)21-9-8-18-5-2-3-6-20(18)15-21/h2-3,5-13,15-16H,4,14,17H2,1H3. The molecule has 0 saturated heterocycles. The molecule has 0 unspecified atom stereocenters. The molecule has 0 bridgehead atoms. The maximum atomic E-state index is 12.6. The van der Waals surface area contributed by atoms with E-state index in [9.17, 15) is 4.79 Å². The lowest BCUT2D eigenvalue weighted by atomic mass is 9.98. The fourth-order valence-corrected chi connectivity index (χ4v) is 3.99. The molecule has 0 atom stereocenters. The summed E-state index contributed by atoms with van der Waals surface area (Å²) in [6.45, 7) is 1.55. The van der Waals surface area contributed by atoms with Crippen LogP contribution in [0, 0.1) is 0 Å². The first-order valence-electron chi connectivity index (χ1n) is 10.1. The highest BCUT2D eigenvalue weighted by Gasteiger charge is 2.19. The Labute approximate surface area is 175 Å². The van der Waals surface area contributed by atoms with Gasteiger partial charge in [0.05, 0.1) is 5.69 Å². The Bertz CT molecular complexity index is 1310. The fourth-order valence-electron chi connectivity index (χ4n) is 3.99. The van der Waals surface area contributed by atoms with E-state index in [0.29, 0.717) is 11.6 Å². The summed E-state index contributed by atoms with van der Waals surface area (Å²) in [5, 5.41) is 2.47. The van der Waals surface area contributed by atoms with Crippen LogP contribution in [0.4, 0.5) is 5.95 Å². The highest BCUT2D eigenvalue weighted by molar-refractivity contribution is 5.87. The molecular formula is C25H22N4O. The summed E-state index contributed by atoms with van der Waals surface area (Å²) in [6, 6.07) is 20.3. The van der Waals surface area contributed by atoms with Crippen LogP contribution in [0.1, 0.15) is 12.0 Å². The molecule has 5 nitrogen and oxygen atoms in total. The molecule has 30 heavy (non-hydrogen) atoms. The summed E-state index contributed by atoms with van der Waals surface area (Å²) in [5.74, 6) is 0.695. The van der Waals surface area contributed by atoms with Crippen LogP contribution in [0.2, 0.25) is 0 Å². The van der Waals surface area contributed by atoms with E-state index >= 15 is 0 Å². The zero-order valence-electron chi connectivity index (χ0n) is 16.8. The number of pyridine rings is 1. The first kappa shape index (κ1) is 18.3. The van der Waals surface area contributed by atoms with Gasteiger partial charge in [0, 0.05) is 44.2 Å². The van der Waals surface area contributed by atoms with Crippen LogP contribution in [0.5, 0.6) is 0 Å². The monoisotopic (exact) mass is 394 g/mol. The van der Waals surface area contributed by atoms with Crippen LogP contribution in [-0.2, 0) is 7.05 Å². The van der Waals surface area contributed by atoms with E-state index in [1.807, 2.05) is 12.1 Å². The number of anilines is 1. The molecule has 0 aliphatic carbocycles. The highest BCUT2D eigenvalue weighted by Crippen LogP contribution is 2.27. The minimum atomic E-state index is -0.0615. The van der Waals surface area contributed by atoms with Crippen molar-refractivity contribution in [3.05, 3.63) is 95.1 Å². The summed E-state index contributed by atoms with van der Waals surface area (Å²) in [7, 11) is 1.79. The van der Waals surface area contributed by atoms with Gasteiger partial charge in [-0.25, -0.2) is 4.98 Å². The summed E-state index contributed by atoms with van der Waals surface area (Å²) in [6.07, 6.45) is 6.65. The zero-order valence-corrected chi connectivity index (χ0v) is 16.8. The maximum absolute atomic E-state index is 12.6. The Kier molecular flexibility index (Phi) is 4.64. The number of rotatable bonds is 3. The van der Waals surface area contributed by atoms with Gasteiger partial charge in [-0.15, -0.1) is 0 Å². The van der Waals surface area contributed by atoms with Crippen molar-refractivity contribution in [1.29, 1.82) is 0 Å². The van der Waals surface area contributed by atoms with Gasteiger partial charge in [0.2, 0.25) is 5.95 Å². The summed E-state index contributed by atoms with van der Waals surface area (Å²) in [5.41, 5.74) is 3.99. The molecule has 0 radical (unpaired) electrons. The molecule has 2 aromatic heterocycles. The van der Waals surface area contributed by atoms with Crippen molar-refractivity contribution < 1.29 is 0 Å². The Balaban J connectivity index is 1.50. The van der Waals surface area contributed by atoms with Gasteiger partial charge in [0.1, 0.15) is 0 Å². The van der Waals surface area contributed by atoms with Gasteiger partial charge < -0.3 is 4.90 Å². The molecule has 1 aliphatic heterocycles. The van der Waals surface area contributed by atoms with E-state index in [-0.39, 0.29) is 5.56 Å². The summed E-state index contributed by atoms with van der Waals surface area (Å²) >= 11 is 0. The van der Waals surface area contributed by atoms with Crippen molar-refractivity contribution >= 4 is 22.3 Å². The third-order valence-corrected chi connectivity index (χ3v) is 5.64. The van der Waals surface area contributed by atoms with Crippen molar-refractivity contribution in [2.24, 2.45) is 7.05 Å². The van der Waals surface area contributed by atoms with Crippen molar-refractivity contribution in [3.63, 3.8) is 0 Å². The minimum absolute atomic E-state index is 0.0615. The van der Waals surface area contributed by atoms with Crippen LogP contribution in [-0.4, -0.2) is 27.6 Å². The molecule has 1 aliphatic rings. The molecular weight excluding hydrogens is 372 g/mol. The zero-order chi connectivity index (χ0) is 20.5. The van der Waals surface area contributed by atoms with Gasteiger partial charge in [-0.2, -0.15) is 0 Å². The number of aromatic nitrogens is 3.